The van der Waals surface area contributed by atoms with E-state index in [1.54, 1.807) is 24.3 Å². The van der Waals surface area contributed by atoms with Crippen molar-refractivity contribution in [2.45, 2.75) is 51.9 Å². The number of nitrogens with zero attached hydrogens (tertiary/aromatic N) is 1. The third-order valence-electron chi connectivity index (χ3n) is 5.45. The van der Waals surface area contributed by atoms with Gasteiger partial charge in [0.05, 0.1) is 30.7 Å². The van der Waals surface area contributed by atoms with Gasteiger partial charge in [0.2, 0.25) is 5.91 Å². The van der Waals surface area contributed by atoms with E-state index in [4.69, 9.17) is 9.72 Å². The summed E-state index contributed by atoms with van der Waals surface area (Å²) in [7, 11) is 1.24. The summed E-state index contributed by atoms with van der Waals surface area (Å²) in [6.45, 7) is 2.75. The van der Waals surface area contributed by atoms with Gasteiger partial charge in [0.15, 0.2) is 0 Å². The van der Waals surface area contributed by atoms with Crippen molar-refractivity contribution in [3.8, 4) is 27.6 Å². The van der Waals surface area contributed by atoms with Crippen molar-refractivity contribution in [2.24, 2.45) is 0 Å². The van der Waals surface area contributed by atoms with Gasteiger partial charge in [-0.1, -0.05) is 45.1 Å². The van der Waals surface area contributed by atoms with E-state index in [1.165, 1.54) is 56.3 Å². The standard InChI is InChI=1S/C27H31FN2O4S/c1-3-4-5-6-7-8-16-34-23-11-9-10-21(29-24(31)17-25(32)33-2)26(23)27-30-22(18-35-27)19-12-14-20(28)15-13-19/h9-15,18H,3-8,16-17H2,1-2H3,(H,29,31). The molecule has 0 aliphatic rings. The van der Waals surface area contributed by atoms with E-state index in [9.17, 15) is 14.0 Å². The van der Waals surface area contributed by atoms with Crippen LogP contribution in [0.1, 0.15) is 51.9 Å². The summed E-state index contributed by atoms with van der Waals surface area (Å²) < 4.78 is 24.1. The smallest absolute Gasteiger partial charge is 0.315 e. The van der Waals surface area contributed by atoms with Crippen molar-refractivity contribution in [1.82, 2.24) is 4.98 Å². The number of halogens is 1. The minimum absolute atomic E-state index is 0.312. The van der Waals surface area contributed by atoms with Gasteiger partial charge < -0.3 is 14.8 Å². The van der Waals surface area contributed by atoms with Crippen molar-refractivity contribution in [2.75, 3.05) is 19.0 Å². The number of methoxy groups -OCH3 is 1. The van der Waals surface area contributed by atoms with Crippen LogP contribution in [-0.4, -0.2) is 30.6 Å². The second-order valence-electron chi connectivity index (χ2n) is 8.14. The number of rotatable bonds is 13. The third-order valence-corrected chi connectivity index (χ3v) is 6.31. The molecule has 3 aromatic rings. The molecule has 3 rings (SSSR count). The lowest BCUT2D eigenvalue weighted by Crippen LogP contribution is -2.17. The number of benzene rings is 2. The second kappa shape index (κ2) is 13.6. The van der Waals surface area contributed by atoms with E-state index in [-0.39, 0.29) is 5.82 Å². The molecule has 8 heteroatoms. The monoisotopic (exact) mass is 498 g/mol. The normalized spacial score (nSPS) is 10.7. The number of anilines is 1. The van der Waals surface area contributed by atoms with Crippen LogP contribution in [0.3, 0.4) is 0 Å². The summed E-state index contributed by atoms with van der Waals surface area (Å²) in [5.41, 5.74) is 2.63. The predicted molar refractivity (Wildman–Crippen MR) is 137 cm³/mol. The van der Waals surface area contributed by atoms with Gasteiger partial charge in [-0.3, -0.25) is 9.59 Å². The van der Waals surface area contributed by atoms with Crippen LogP contribution in [0.25, 0.3) is 21.8 Å². The highest BCUT2D eigenvalue weighted by molar-refractivity contribution is 7.13. The third kappa shape index (κ3) is 7.89. The Kier molecular flexibility index (Phi) is 10.2. The first-order valence-electron chi connectivity index (χ1n) is 11.9. The number of aromatic nitrogens is 1. The van der Waals surface area contributed by atoms with Crippen LogP contribution >= 0.6 is 11.3 Å². The highest BCUT2D eigenvalue weighted by atomic mass is 32.1. The van der Waals surface area contributed by atoms with Crippen molar-refractivity contribution in [3.63, 3.8) is 0 Å². The van der Waals surface area contributed by atoms with E-state index in [2.05, 4.69) is 17.0 Å². The second-order valence-corrected chi connectivity index (χ2v) is 9.00. The SMILES string of the molecule is CCCCCCCCOc1cccc(NC(=O)CC(=O)OC)c1-c1nc(-c2ccc(F)cc2)cs1. The zero-order valence-electron chi connectivity index (χ0n) is 20.1. The summed E-state index contributed by atoms with van der Waals surface area (Å²) in [5, 5.41) is 5.32. The Hall–Kier alpha value is -3.26. The first-order valence-corrected chi connectivity index (χ1v) is 12.7. The number of carbonyl (C=O) groups is 2. The zero-order valence-corrected chi connectivity index (χ0v) is 21.0. The van der Waals surface area contributed by atoms with E-state index < -0.39 is 18.3 Å². The summed E-state index contributed by atoms with van der Waals surface area (Å²) >= 11 is 1.40. The molecule has 1 N–H and O–H groups in total. The molecule has 6 nitrogen and oxygen atoms in total. The molecule has 0 saturated carbocycles. The predicted octanol–water partition coefficient (Wildman–Crippen LogP) is 6.86. The number of ether oxygens (including phenoxy) is 2. The number of thiazole rings is 1. The topological polar surface area (TPSA) is 77.5 Å². The lowest BCUT2D eigenvalue weighted by molar-refractivity contribution is -0.142. The van der Waals surface area contributed by atoms with E-state index in [1.807, 2.05) is 11.4 Å². The molecule has 0 spiro atoms. The van der Waals surface area contributed by atoms with Crippen molar-refractivity contribution < 1.29 is 23.5 Å². The average Bonchev–Trinajstić information content (AvgIpc) is 3.33. The Balaban J connectivity index is 1.83. The van der Waals surface area contributed by atoms with Gasteiger partial charge >= 0.3 is 5.97 Å². The average molecular weight is 499 g/mol. The maximum atomic E-state index is 13.3. The Labute approximate surface area is 209 Å². The summed E-state index contributed by atoms with van der Waals surface area (Å²) in [5.74, 6) is -0.809. The number of amides is 1. The first kappa shape index (κ1) is 26.3. The quantitative estimate of drug-likeness (QED) is 0.158. The molecule has 0 atom stereocenters. The number of carbonyl (C=O) groups excluding carboxylic acids is 2. The van der Waals surface area contributed by atoms with E-state index in [0.717, 1.165) is 18.4 Å². The molecule has 1 heterocycles. The molecular formula is C27H31FN2O4S. The first-order chi connectivity index (χ1) is 17.0. The van der Waals surface area contributed by atoms with Crippen LogP contribution in [0.15, 0.2) is 47.8 Å². The molecule has 0 fully saturated rings. The Morgan fingerprint density at radius 2 is 1.77 bits per heavy atom. The summed E-state index contributed by atoms with van der Waals surface area (Å²) in [4.78, 5) is 28.7. The molecule has 0 unspecified atom stereocenters. The summed E-state index contributed by atoms with van der Waals surface area (Å²) in [6, 6.07) is 11.5. The lowest BCUT2D eigenvalue weighted by Gasteiger charge is -2.15. The van der Waals surface area contributed by atoms with Crippen molar-refractivity contribution in [3.05, 3.63) is 53.7 Å². The minimum atomic E-state index is -0.618. The highest BCUT2D eigenvalue weighted by Gasteiger charge is 2.19. The Morgan fingerprint density at radius 3 is 2.51 bits per heavy atom. The molecule has 0 aliphatic carbocycles. The molecule has 0 aliphatic heterocycles. The van der Waals surface area contributed by atoms with Crippen LogP contribution in [0.4, 0.5) is 10.1 Å². The fraction of sp³-hybridized carbons (Fsp3) is 0.370. The highest BCUT2D eigenvalue weighted by Crippen LogP contribution is 2.40. The van der Waals surface area contributed by atoms with Crippen LogP contribution in [0, 0.1) is 5.82 Å². The Bertz CT molecular complexity index is 1110. The minimum Gasteiger partial charge on any atom is -0.493 e. The lowest BCUT2D eigenvalue weighted by atomic mass is 10.1. The van der Waals surface area contributed by atoms with Gasteiger partial charge in [-0.15, -0.1) is 11.3 Å². The molecule has 0 radical (unpaired) electrons. The molecule has 0 bridgehead atoms. The number of nitrogens with one attached hydrogen (secondary N) is 1. The van der Waals surface area contributed by atoms with Gasteiger partial charge in [0.1, 0.15) is 23.0 Å². The molecule has 35 heavy (non-hydrogen) atoms. The van der Waals surface area contributed by atoms with Crippen LogP contribution in [0.2, 0.25) is 0 Å². The fourth-order valence-electron chi connectivity index (χ4n) is 3.58. The molecule has 2 aromatic carbocycles. The van der Waals surface area contributed by atoms with Crippen LogP contribution in [0.5, 0.6) is 5.75 Å². The number of hydrogen-bond donors (Lipinski definition) is 1. The summed E-state index contributed by atoms with van der Waals surface area (Å²) in [6.07, 6.45) is 6.51. The molecular weight excluding hydrogens is 467 g/mol. The van der Waals surface area contributed by atoms with Crippen LogP contribution < -0.4 is 10.1 Å². The number of esters is 1. The fourth-order valence-corrected chi connectivity index (χ4v) is 4.47. The van der Waals surface area contributed by atoms with Crippen molar-refractivity contribution in [1.29, 1.82) is 0 Å². The zero-order chi connectivity index (χ0) is 25.0. The van der Waals surface area contributed by atoms with Gasteiger partial charge in [0, 0.05) is 10.9 Å². The van der Waals surface area contributed by atoms with Gasteiger partial charge in [-0.25, -0.2) is 9.37 Å². The molecule has 0 saturated heterocycles. The van der Waals surface area contributed by atoms with Gasteiger partial charge in [0.25, 0.3) is 0 Å². The number of hydrogen-bond acceptors (Lipinski definition) is 6. The largest absolute Gasteiger partial charge is 0.493 e. The van der Waals surface area contributed by atoms with Crippen LogP contribution in [-0.2, 0) is 14.3 Å². The van der Waals surface area contributed by atoms with Crippen molar-refractivity contribution >= 4 is 28.9 Å². The molecule has 186 valence electrons. The van der Waals surface area contributed by atoms with Gasteiger partial charge in [-0.05, 0) is 42.8 Å². The van der Waals surface area contributed by atoms with Gasteiger partial charge in [-0.2, -0.15) is 0 Å². The maximum absolute atomic E-state index is 13.3. The number of unbranched alkanes of at least 4 members (excludes halogenated alkanes) is 5. The maximum Gasteiger partial charge on any atom is 0.315 e. The van der Waals surface area contributed by atoms with E-state index >= 15 is 0 Å². The Morgan fingerprint density at radius 1 is 1.03 bits per heavy atom. The molecule has 1 amide bonds. The molecule has 1 aromatic heterocycles. The van der Waals surface area contributed by atoms with E-state index in [0.29, 0.717) is 34.3 Å².